The van der Waals surface area contributed by atoms with E-state index in [9.17, 15) is 14.9 Å². The number of carbonyl (C=O) groups is 2. The van der Waals surface area contributed by atoms with Crippen LogP contribution in [-0.2, 0) is 9.59 Å². The van der Waals surface area contributed by atoms with Crippen molar-refractivity contribution in [3.05, 3.63) is 29.3 Å². The van der Waals surface area contributed by atoms with Crippen LogP contribution in [-0.4, -0.2) is 24.4 Å². The average molecular weight is 358 g/mol. The first-order chi connectivity index (χ1) is 12.1. The number of fused-ring (bicyclic) bond motifs is 2. The van der Waals surface area contributed by atoms with Gasteiger partial charge in [0.15, 0.2) is 0 Å². The van der Waals surface area contributed by atoms with Crippen LogP contribution >= 0.6 is 11.6 Å². The first kappa shape index (κ1) is 16.4. The molecule has 2 amide bonds. The van der Waals surface area contributed by atoms with Gasteiger partial charge in [-0.2, -0.15) is 5.26 Å². The number of benzene rings is 1. The number of rotatable bonds is 3. The zero-order valence-corrected chi connectivity index (χ0v) is 14.6. The Morgan fingerprint density at radius 1 is 1.36 bits per heavy atom. The lowest BCUT2D eigenvalue weighted by atomic mass is 9.94. The Kier molecular flexibility index (Phi) is 4.16. The molecule has 3 aliphatic rings. The van der Waals surface area contributed by atoms with Crippen LogP contribution in [0.2, 0.25) is 5.02 Å². The van der Waals surface area contributed by atoms with E-state index in [-0.39, 0.29) is 42.0 Å². The Hall–Kier alpha value is -2.06. The third kappa shape index (κ3) is 2.89. The highest BCUT2D eigenvalue weighted by Crippen LogP contribution is 2.49. The Morgan fingerprint density at radius 2 is 2.20 bits per heavy atom. The minimum Gasteiger partial charge on any atom is -0.353 e. The van der Waals surface area contributed by atoms with Crippen LogP contribution in [0, 0.1) is 35.0 Å². The second-order valence-electron chi connectivity index (χ2n) is 7.39. The summed E-state index contributed by atoms with van der Waals surface area (Å²) in [6, 6.07) is 9.64. The molecule has 3 fully saturated rings. The van der Waals surface area contributed by atoms with Crippen LogP contribution < -0.4 is 10.2 Å². The molecule has 1 unspecified atom stereocenters. The lowest BCUT2D eigenvalue weighted by Crippen LogP contribution is -2.42. The maximum Gasteiger partial charge on any atom is 0.227 e. The zero-order valence-electron chi connectivity index (χ0n) is 13.8. The number of nitrogens with zero attached hydrogens (tertiary/aromatic N) is 2. The standard InChI is InChI=1S/C19H20ClN3O2/c20-13-2-1-3-14(8-13)23-10-12(7-18(23)24)19(25)22-17-6-11-4-5-15(17)16(11)9-21/h1-3,8,11-12,15-17H,4-7,10H2,(H,22,25)/t11-,12-,15-,16?,17+/m0/s1. The van der Waals surface area contributed by atoms with E-state index in [4.69, 9.17) is 11.6 Å². The minimum absolute atomic E-state index is 0.0507. The van der Waals surface area contributed by atoms with E-state index in [2.05, 4.69) is 11.4 Å². The van der Waals surface area contributed by atoms with Crippen molar-refractivity contribution in [2.45, 2.75) is 31.7 Å². The number of nitrogens with one attached hydrogen (secondary N) is 1. The predicted molar refractivity (Wildman–Crippen MR) is 93.8 cm³/mol. The molecule has 1 heterocycles. The highest BCUT2D eigenvalue weighted by Gasteiger charge is 2.49. The molecule has 2 aliphatic carbocycles. The molecule has 0 spiro atoms. The summed E-state index contributed by atoms with van der Waals surface area (Å²) in [6.07, 6.45) is 3.24. The van der Waals surface area contributed by atoms with Crippen LogP contribution in [0.4, 0.5) is 5.69 Å². The van der Waals surface area contributed by atoms with Gasteiger partial charge in [-0.25, -0.2) is 0 Å². The summed E-state index contributed by atoms with van der Waals surface area (Å²) in [7, 11) is 0. The van der Waals surface area contributed by atoms with Gasteiger partial charge in [0.05, 0.1) is 17.9 Å². The van der Waals surface area contributed by atoms with Crippen molar-refractivity contribution < 1.29 is 9.59 Å². The van der Waals surface area contributed by atoms with Gasteiger partial charge in [-0.1, -0.05) is 17.7 Å². The highest BCUT2D eigenvalue weighted by atomic mass is 35.5. The number of anilines is 1. The van der Waals surface area contributed by atoms with E-state index < -0.39 is 0 Å². The van der Waals surface area contributed by atoms with Gasteiger partial charge < -0.3 is 10.2 Å². The molecule has 1 N–H and O–H groups in total. The van der Waals surface area contributed by atoms with E-state index in [1.807, 2.05) is 6.07 Å². The summed E-state index contributed by atoms with van der Waals surface area (Å²) < 4.78 is 0. The van der Waals surface area contributed by atoms with Crippen molar-refractivity contribution in [3.63, 3.8) is 0 Å². The molecule has 0 aromatic heterocycles. The minimum atomic E-state index is -0.342. The number of hydrogen-bond acceptors (Lipinski definition) is 3. The summed E-state index contributed by atoms with van der Waals surface area (Å²) >= 11 is 6.00. The van der Waals surface area contributed by atoms with E-state index in [0.29, 0.717) is 17.5 Å². The molecule has 5 nitrogen and oxygen atoms in total. The fraction of sp³-hybridized carbons (Fsp3) is 0.526. The number of carbonyl (C=O) groups excluding carboxylic acids is 2. The number of hydrogen-bond donors (Lipinski definition) is 1. The van der Waals surface area contributed by atoms with Crippen LogP contribution in [0.15, 0.2) is 24.3 Å². The molecular formula is C19H20ClN3O2. The van der Waals surface area contributed by atoms with Crippen molar-refractivity contribution in [2.24, 2.45) is 23.7 Å². The second kappa shape index (κ2) is 6.34. The summed E-state index contributed by atoms with van der Waals surface area (Å²) in [6.45, 7) is 0.382. The monoisotopic (exact) mass is 357 g/mol. The fourth-order valence-electron chi connectivity index (χ4n) is 4.78. The predicted octanol–water partition coefficient (Wildman–Crippen LogP) is 2.75. The SMILES string of the molecule is N#CC1[C@H]2CC[C@@H]1[C@H](NC(=O)[C@H]1CC(=O)N(c3cccc(Cl)c3)C1)C2. The number of amides is 2. The second-order valence-corrected chi connectivity index (χ2v) is 7.83. The topological polar surface area (TPSA) is 73.2 Å². The van der Waals surface area contributed by atoms with Gasteiger partial charge in [-0.3, -0.25) is 9.59 Å². The molecule has 2 saturated carbocycles. The van der Waals surface area contributed by atoms with Crippen molar-refractivity contribution in [1.29, 1.82) is 5.26 Å². The summed E-state index contributed by atoms with van der Waals surface area (Å²) in [4.78, 5) is 26.6. The van der Waals surface area contributed by atoms with Gasteiger partial charge in [0, 0.05) is 29.7 Å². The van der Waals surface area contributed by atoms with Crippen LogP contribution in [0.1, 0.15) is 25.7 Å². The number of halogens is 1. The molecule has 1 aromatic rings. The summed E-state index contributed by atoms with van der Waals surface area (Å²) in [5.74, 6) is 0.329. The highest BCUT2D eigenvalue weighted by molar-refractivity contribution is 6.31. The Labute approximate surface area is 151 Å². The lowest BCUT2D eigenvalue weighted by molar-refractivity contribution is -0.127. The molecule has 130 valence electrons. The Balaban J connectivity index is 1.41. The molecular weight excluding hydrogens is 338 g/mol. The first-order valence-electron chi connectivity index (χ1n) is 8.82. The lowest BCUT2D eigenvalue weighted by Gasteiger charge is -2.24. The van der Waals surface area contributed by atoms with E-state index in [0.717, 1.165) is 24.9 Å². The third-order valence-corrected chi connectivity index (χ3v) is 6.24. The van der Waals surface area contributed by atoms with Gasteiger partial charge in [0.1, 0.15) is 0 Å². The third-order valence-electron chi connectivity index (χ3n) is 6.01. The summed E-state index contributed by atoms with van der Waals surface area (Å²) in [5.41, 5.74) is 0.734. The molecule has 6 heteroatoms. The van der Waals surface area contributed by atoms with Crippen molar-refractivity contribution in [3.8, 4) is 6.07 Å². The smallest absolute Gasteiger partial charge is 0.227 e. The molecule has 5 atom stereocenters. The molecule has 2 bridgehead atoms. The van der Waals surface area contributed by atoms with Gasteiger partial charge >= 0.3 is 0 Å². The molecule has 25 heavy (non-hydrogen) atoms. The quantitative estimate of drug-likeness (QED) is 0.903. The van der Waals surface area contributed by atoms with Crippen LogP contribution in [0.3, 0.4) is 0 Å². The van der Waals surface area contributed by atoms with Gasteiger partial charge in [0.2, 0.25) is 11.8 Å². The Bertz CT molecular complexity index is 759. The van der Waals surface area contributed by atoms with Crippen molar-refractivity contribution in [1.82, 2.24) is 5.32 Å². The molecule has 4 rings (SSSR count). The number of nitriles is 1. The van der Waals surface area contributed by atoms with E-state index in [1.54, 1.807) is 23.1 Å². The molecule has 1 saturated heterocycles. The van der Waals surface area contributed by atoms with Crippen LogP contribution in [0.5, 0.6) is 0 Å². The summed E-state index contributed by atoms with van der Waals surface area (Å²) in [5, 5.41) is 13.0. The van der Waals surface area contributed by atoms with Crippen LogP contribution in [0.25, 0.3) is 0 Å². The maximum atomic E-state index is 12.7. The van der Waals surface area contributed by atoms with Gasteiger partial charge in [0.25, 0.3) is 0 Å². The van der Waals surface area contributed by atoms with Crippen molar-refractivity contribution in [2.75, 3.05) is 11.4 Å². The molecule has 1 aliphatic heterocycles. The fourth-order valence-corrected chi connectivity index (χ4v) is 4.96. The maximum absolute atomic E-state index is 12.7. The first-order valence-corrected chi connectivity index (χ1v) is 9.20. The Morgan fingerprint density at radius 3 is 2.92 bits per heavy atom. The van der Waals surface area contributed by atoms with Gasteiger partial charge in [-0.15, -0.1) is 0 Å². The zero-order chi connectivity index (χ0) is 17.6. The van der Waals surface area contributed by atoms with E-state index >= 15 is 0 Å². The normalized spacial score (nSPS) is 33.5. The molecule has 1 aromatic carbocycles. The van der Waals surface area contributed by atoms with Crippen molar-refractivity contribution >= 4 is 29.1 Å². The average Bonchev–Trinajstić information content (AvgIpc) is 3.26. The largest absolute Gasteiger partial charge is 0.353 e. The van der Waals surface area contributed by atoms with Gasteiger partial charge in [-0.05, 0) is 49.3 Å². The van der Waals surface area contributed by atoms with E-state index in [1.165, 1.54) is 0 Å². The molecule has 0 radical (unpaired) electrons.